The minimum absolute atomic E-state index is 0.0260. The van der Waals surface area contributed by atoms with Crippen molar-refractivity contribution in [2.24, 2.45) is 5.73 Å². The van der Waals surface area contributed by atoms with E-state index in [2.05, 4.69) is 9.97 Å². The zero-order chi connectivity index (χ0) is 11.5. The van der Waals surface area contributed by atoms with Gasteiger partial charge in [0.15, 0.2) is 0 Å². The van der Waals surface area contributed by atoms with Gasteiger partial charge in [-0.15, -0.1) is 0 Å². The molecule has 0 bridgehead atoms. The van der Waals surface area contributed by atoms with Crippen LogP contribution in [0.3, 0.4) is 0 Å². The molecule has 16 heavy (non-hydrogen) atoms. The second kappa shape index (κ2) is 4.32. The summed E-state index contributed by atoms with van der Waals surface area (Å²) in [5.74, 6) is -0.0260. The number of aromatic nitrogens is 2. The number of aromatic amines is 1. The van der Waals surface area contributed by atoms with Gasteiger partial charge in [0.25, 0.3) is 5.91 Å². The van der Waals surface area contributed by atoms with Gasteiger partial charge in [-0.25, -0.2) is 4.98 Å². The molecule has 0 aliphatic heterocycles. The minimum atomic E-state index is -0.0260. The van der Waals surface area contributed by atoms with Crippen molar-refractivity contribution >= 4 is 16.9 Å². The monoisotopic (exact) mass is 218 g/mol. The Morgan fingerprint density at radius 3 is 3.12 bits per heavy atom. The summed E-state index contributed by atoms with van der Waals surface area (Å²) in [7, 11) is 1.74. The highest BCUT2D eigenvalue weighted by molar-refractivity contribution is 5.97. The number of amides is 1. The molecule has 0 atom stereocenters. The lowest BCUT2D eigenvalue weighted by Crippen LogP contribution is -2.31. The van der Waals surface area contributed by atoms with Crippen LogP contribution in [-0.2, 0) is 0 Å². The SMILES string of the molecule is CN(CCN)C(=O)c1ccc2nc[nH]c2c1. The van der Waals surface area contributed by atoms with E-state index < -0.39 is 0 Å². The van der Waals surface area contributed by atoms with Crippen LogP contribution in [-0.4, -0.2) is 40.9 Å². The van der Waals surface area contributed by atoms with Crippen LogP contribution in [0.5, 0.6) is 0 Å². The van der Waals surface area contributed by atoms with E-state index >= 15 is 0 Å². The molecule has 84 valence electrons. The van der Waals surface area contributed by atoms with E-state index in [1.165, 1.54) is 0 Å². The predicted molar refractivity (Wildman–Crippen MR) is 62.1 cm³/mol. The number of benzene rings is 1. The first-order valence-electron chi connectivity index (χ1n) is 5.11. The van der Waals surface area contributed by atoms with E-state index in [0.717, 1.165) is 11.0 Å². The van der Waals surface area contributed by atoms with Gasteiger partial charge < -0.3 is 15.6 Å². The Kier molecular flexibility index (Phi) is 2.87. The average molecular weight is 218 g/mol. The molecule has 0 unspecified atom stereocenters. The lowest BCUT2D eigenvalue weighted by molar-refractivity contribution is 0.0799. The van der Waals surface area contributed by atoms with Crippen molar-refractivity contribution in [1.29, 1.82) is 0 Å². The van der Waals surface area contributed by atoms with E-state index in [1.54, 1.807) is 30.4 Å². The second-order valence-electron chi connectivity index (χ2n) is 3.65. The van der Waals surface area contributed by atoms with Crippen LogP contribution < -0.4 is 5.73 Å². The van der Waals surface area contributed by atoms with Gasteiger partial charge in [0.05, 0.1) is 17.4 Å². The predicted octanol–water partition coefficient (Wildman–Crippen LogP) is 0.594. The van der Waals surface area contributed by atoms with Crippen molar-refractivity contribution in [3.63, 3.8) is 0 Å². The van der Waals surface area contributed by atoms with Crippen LogP contribution in [0, 0.1) is 0 Å². The number of likely N-dealkylation sites (N-methyl/N-ethyl adjacent to an activating group) is 1. The van der Waals surface area contributed by atoms with E-state index in [0.29, 0.717) is 18.7 Å². The van der Waals surface area contributed by atoms with Gasteiger partial charge in [0.2, 0.25) is 0 Å². The summed E-state index contributed by atoms with van der Waals surface area (Å²) < 4.78 is 0. The average Bonchev–Trinajstić information content (AvgIpc) is 2.75. The summed E-state index contributed by atoms with van der Waals surface area (Å²) in [5, 5.41) is 0. The molecule has 5 heteroatoms. The molecule has 0 saturated carbocycles. The van der Waals surface area contributed by atoms with E-state index in [9.17, 15) is 4.79 Å². The third-order valence-corrected chi connectivity index (χ3v) is 2.48. The van der Waals surface area contributed by atoms with E-state index in [4.69, 9.17) is 5.73 Å². The summed E-state index contributed by atoms with van der Waals surface area (Å²) in [6.07, 6.45) is 1.61. The number of nitrogens with zero attached hydrogens (tertiary/aromatic N) is 2. The minimum Gasteiger partial charge on any atom is -0.345 e. The van der Waals surface area contributed by atoms with Crippen LogP contribution in [0.1, 0.15) is 10.4 Å². The van der Waals surface area contributed by atoms with Crippen LogP contribution in [0.25, 0.3) is 11.0 Å². The summed E-state index contributed by atoms with van der Waals surface area (Å²) in [6, 6.07) is 5.41. The van der Waals surface area contributed by atoms with E-state index in [-0.39, 0.29) is 5.91 Å². The Morgan fingerprint density at radius 2 is 2.38 bits per heavy atom. The standard InChI is InChI=1S/C11H14N4O/c1-15(5-4-12)11(16)8-2-3-9-10(6-8)14-7-13-9/h2-3,6-7H,4-5,12H2,1H3,(H,13,14). The number of carbonyl (C=O) groups excluding carboxylic acids is 1. The third-order valence-electron chi connectivity index (χ3n) is 2.48. The van der Waals surface area contributed by atoms with Crippen LogP contribution in [0.4, 0.5) is 0 Å². The Hall–Kier alpha value is -1.88. The number of fused-ring (bicyclic) bond motifs is 1. The fourth-order valence-corrected chi connectivity index (χ4v) is 1.58. The van der Waals surface area contributed by atoms with Gasteiger partial charge in [-0.05, 0) is 18.2 Å². The van der Waals surface area contributed by atoms with Crippen LogP contribution >= 0.6 is 0 Å². The van der Waals surface area contributed by atoms with Crippen molar-refractivity contribution in [3.05, 3.63) is 30.1 Å². The molecule has 2 aromatic rings. The highest BCUT2D eigenvalue weighted by atomic mass is 16.2. The first kappa shape index (κ1) is 10.6. The molecule has 3 N–H and O–H groups in total. The van der Waals surface area contributed by atoms with Gasteiger partial charge in [-0.2, -0.15) is 0 Å². The molecular formula is C11H14N4O. The summed E-state index contributed by atoms with van der Waals surface area (Å²) in [6.45, 7) is 1.02. The molecule has 0 aliphatic rings. The maximum absolute atomic E-state index is 11.9. The zero-order valence-electron chi connectivity index (χ0n) is 9.10. The van der Waals surface area contributed by atoms with E-state index in [1.807, 2.05) is 6.07 Å². The lowest BCUT2D eigenvalue weighted by Gasteiger charge is -2.15. The number of H-pyrrole nitrogens is 1. The molecule has 0 aliphatic carbocycles. The maximum atomic E-state index is 11.9. The van der Waals surface area contributed by atoms with Crippen molar-refractivity contribution in [1.82, 2.24) is 14.9 Å². The van der Waals surface area contributed by atoms with Gasteiger partial charge in [0.1, 0.15) is 0 Å². The molecule has 1 heterocycles. The highest BCUT2D eigenvalue weighted by Gasteiger charge is 2.11. The number of imidazole rings is 1. The number of carbonyl (C=O) groups is 1. The molecular weight excluding hydrogens is 204 g/mol. The number of hydrogen-bond acceptors (Lipinski definition) is 3. The molecule has 0 radical (unpaired) electrons. The van der Waals surface area contributed by atoms with Crippen LogP contribution in [0.15, 0.2) is 24.5 Å². The Bertz CT molecular complexity index is 505. The van der Waals surface area contributed by atoms with Crippen molar-refractivity contribution in [3.8, 4) is 0 Å². The van der Waals surface area contributed by atoms with Crippen molar-refractivity contribution in [2.75, 3.05) is 20.1 Å². The van der Waals surface area contributed by atoms with Crippen molar-refractivity contribution in [2.45, 2.75) is 0 Å². The Labute approximate surface area is 93.3 Å². The largest absolute Gasteiger partial charge is 0.345 e. The fraction of sp³-hybridized carbons (Fsp3) is 0.273. The summed E-state index contributed by atoms with van der Waals surface area (Å²) >= 11 is 0. The molecule has 1 aromatic carbocycles. The molecule has 0 spiro atoms. The number of hydrogen-bond donors (Lipinski definition) is 2. The van der Waals surface area contributed by atoms with Gasteiger partial charge in [0, 0.05) is 25.7 Å². The first-order chi connectivity index (χ1) is 7.72. The molecule has 2 rings (SSSR count). The molecule has 1 aromatic heterocycles. The lowest BCUT2D eigenvalue weighted by atomic mass is 10.2. The number of rotatable bonds is 3. The van der Waals surface area contributed by atoms with Crippen LogP contribution in [0.2, 0.25) is 0 Å². The van der Waals surface area contributed by atoms with Gasteiger partial charge >= 0.3 is 0 Å². The Balaban J connectivity index is 2.28. The normalized spacial score (nSPS) is 10.6. The number of nitrogens with one attached hydrogen (secondary N) is 1. The fourth-order valence-electron chi connectivity index (χ4n) is 1.58. The van der Waals surface area contributed by atoms with Gasteiger partial charge in [-0.1, -0.05) is 0 Å². The topological polar surface area (TPSA) is 75.0 Å². The molecule has 5 nitrogen and oxygen atoms in total. The van der Waals surface area contributed by atoms with Crippen molar-refractivity contribution < 1.29 is 4.79 Å². The Morgan fingerprint density at radius 1 is 1.56 bits per heavy atom. The first-order valence-corrected chi connectivity index (χ1v) is 5.11. The quantitative estimate of drug-likeness (QED) is 0.791. The number of nitrogens with two attached hydrogens (primary N) is 1. The molecule has 0 saturated heterocycles. The van der Waals surface area contributed by atoms with Gasteiger partial charge in [-0.3, -0.25) is 4.79 Å². The molecule has 0 fully saturated rings. The third kappa shape index (κ3) is 1.90. The molecule has 1 amide bonds. The zero-order valence-corrected chi connectivity index (χ0v) is 9.10. The summed E-state index contributed by atoms with van der Waals surface area (Å²) in [4.78, 5) is 20.6. The highest BCUT2D eigenvalue weighted by Crippen LogP contribution is 2.12. The smallest absolute Gasteiger partial charge is 0.253 e. The maximum Gasteiger partial charge on any atom is 0.253 e. The summed E-state index contributed by atoms with van der Waals surface area (Å²) in [5.41, 5.74) is 7.78. The second-order valence-corrected chi connectivity index (χ2v) is 3.65.